The Hall–Kier alpha value is -0.120. The lowest BCUT2D eigenvalue weighted by molar-refractivity contribution is -0.0218. The zero-order chi connectivity index (χ0) is 13.9. The molecule has 0 aliphatic carbocycles. The molecular formula is C16H32N2O. The van der Waals surface area contributed by atoms with Gasteiger partial charge in [0.25, 0.3) is 0 Å². The van der Waals surface area contributed by atoms with Gasteiger partial charge in [0.15, 0.2) is 0 Å². The molecule has 0 aromatic rings. The van der Waals surface area contributed by atoms with E-state index >= 15 is 0 Å². The van der Waals surface area contributed by atoms with E-state index in [0.717, 1.165) is 25.4 Å². The summed E-state index contributed by atoms with van der Waals surface area (Å²) in [4.78, 5) is 5.35. The van der Waals surface area contributed by atoms with Gasteiger partial charge in [-0.2, -0.15) is 0 Å². The van der Waals surface area contributed by atoms with Crippen LogP contribution in [0.2, 0.25) is 0 Å². The molecule has 2 heterocycles. The molecule has 0 aromatic carbocycles. The van der Waals surface area contributed by atoms with Gasteiger partial charge in [-0.1, -0.05) is 20.3 Å². The van der Waals surface area contributed by atoms with Gasteiger partial charge in [-0.25, -0.2) is 0 Å². The zero-order valence-electron chi connectivity index (χ0n) is 13.1. The molecule has 0 spiro atoms. The summed E-state index contributed by atoms with van der Waals surface area (Å²) in [6.45, 7) is 11.9. The number of hydrogen-bond acceptors (Lipinski definition) is 3. The molecule has 112 valence electrons. The minimum Gasteiger partial charge on any atom is -0.396 e. The molecule has 19 heavy (non-hydrogen) atoms. The Kier molecular flexibility index (Phi) is 5.27. The fraction of sp³-hybridized carbons (Fsp3) is 1.00. The Morgan fingerprint density at radius 1 is 1.16 bits per heavy atom. The summed E-state index contributed by atoms with van der Waals surface area (Å²) in [5.74, 6) is 0. The summed E-state index contributed by atoms with van der Waals surface area (Å²) in [6, 6.07) is 1.41. The van der Waals surface area contributed by atoms with Crippen LogP contribution in [0, 0.1) is 5.41 Å². The Morgan fingerprint density at radius 3 is 2.53 bits per heavy atom. The first-order valence-corrected chi connectivity index (χ1v) is 8.23. The lowest BCUT2D eigenvalue weighted by atomic mass is 9.81. The normalized spacial score (nSPS) is 30.3. The van der Waals surface area contributed by atoms with Crippen LogP contribution in [-0.4, -0.2) is 59.8 Å². The Balaban J connectivity index is 1.99. The molecule has 0 saturated carbocycles. The Labute approximate surface area is 119 Å². The number of aliphatic hydroxyl groups is 1. The zero-order valence-corrected chi connectivity index (χ0v) is 13.1. The third-order valence-electron chi connectivity index (χ3n) is 5.69. The highest BCUT2D eigenvalue weighted by Crippen LogP contribution is 2.31. The molecule has 0 amide bonds. The molecule has 2 atom stereocenters. The molecule has 1 N–H and O–H groups in total. The van der Waals surface area contributed by atoms with Gasteiger partial charge in [0, 0.05) is 43.7 Å². The van der Waals surface area contributed by atoms with Crippen LogP contribution in [-0.2, 0) is 0 Å². The molecule has 2 aliphatic rings. The summed E-state index contributed by atoms with van der Waals surface area (Å²) in [5, 5.41) is 9.79. The molecule has 2 saturated heterocycles. The summed E-state index contributed by atoms with van der Waals surface area (Å²) in [5.41, 5.74) is 0.116. The molecule has 0 bridgehead atoms. The van der Waals surface area contributed by atoms with Gasteiger partial charge in [0.1, 0.15) is 0 Å². The number of aliphatic hydroxyl groups excluding tert-OH is 1. The van der Waals surface area contributed by atoms with Gasteiger partial charge in [0.2, 0.25) is 0 Å². The highest BCUT2D eigenvalue weighted by molar-refractivity contribution is 4.92. The molecule has 0 aromatic heterocycles. The van der Waals surface area contributed by atoms with Crippen molar-refractivity contribution in [3.63, 3.8) is 0 Å². The first-order valence-electron chi connectivity index (χ1n) is 8.23. The quantitative estimate of drug-likeness (QED) is 0.829. The predicted octanol–water partition coefficient (Wildman–Crippen LogP) is 2.34. The molecule has 3 heteroatoms. The highest BCUT2D eigenvalue weighted by Gasteiger charge is 2.36. The number of piperazine rings is 1. The highest BCUT2D eigenvalue weighted by atomic mass is 16.3. The standard InChI is InChI=1S/C16H32N2O/c1-4-16(5-2,13-19)12-18-11-15-8-6-7-9-17(15)10-14(18)3/h14-15,19H,4-13H2,1-3H3. The van der Waals surface area contributed by atoms with E-state index in [9.17, 15) is 5.11 Å². The monoisotopic (exact) mass is 268 g/mol. The molecule has 2 unspecified atom stereocenters. The van der Waals surface area contributed by atoms with Crippen molar-refractivity contribution in [2.75, 3.05) is 32.8 Å². The van der Waals surface area contributed by atoms with Crippen LogP contribution < -0.4 is 0 Å². The van der Waals surface area contributed by atoms with Crippen molar-refractivity contribution >= 4 is 0 Å². The van der Waals surface area contributed by atoms with E-state index in [1.54, 1.807) is 0 Å². The second kappa shape index (κ2) is 6.55. The number of piperidine rings is 1. The van der Waals surface area contributed by atoms with E-state index in [4.69, 9.17) is 0 Å². The van der Waals surface area contributed by atoms with Crippen molar-refractivity contribution in [1.82, 2.24) is 9.80 Å². The fourth-order valence-corrected chi connectivity index (χ4v) is 3.81. The SMILES string of the molecule is CCC(CC)(CO)CN1CC2CCCCN2CC1C. The van der Waals surface area contributed by atoms with Crippen molar-refractivity contribution < 1.29 is 5.11 Å². The molecule has 2 rings (SSSR count). The van der Waals surface area contributed by atoms with E-state index in [0.29, 0.717) is 12.6 Å². The van der Waals surface area contributed by atoms with E-state index in [2.05, 4.69) is 30.6 Å². The van der Waals surface area contributed by atoms with Crippen molar-refractivity contribution in [3.8, 4) is 0 Å². The molecular weight excluding hydrogens is 236 g/mol. The van der Waals surface area contributed by atoms with E-state index < -0.39 is 0 Å². The van der Waals surface area contributed by atoms with Crippen molar-refractivity contribution in [2.45, 2.75) is 65.0 Å². The summed E-state index contributed by atoms with van der Waals surface area (Å²) in [7, 11) is 0. The lowest BCUT2D eigenvalue weighted by Crippen LogP contribution is -2.60. The van der Waals surface area contributed by atoms with Gasteiger partial charge in [-0.15, -0.1) is 0 Å². The minimum absolute atomic E-state index is 0.116. The van der Waals surface area contributed by atoms with Crippen LogP contribution >= 0.6 is 0 Å². The lowest BCUT2D eigenvalue weighted by Gasteiger charge is -2.50. The summed E-state index contributed by atoms with van der Waals surface area (Å²) < 4.78 is 0. The third kappa shape index (κ3) is 3.32. The average molecular weight is 268 g/mol. The van der Waals surface area contributed by atoms with Crippen LogP contribution in [0.15, 0.2) is 0 Å². The van der Waals surface area contributed by atoms with E-state index in [1.807, 2.05) is 0 Å². The predicted molar refractivity (Wildman–Crippen MR) is 80.3 cm³/mol. The van der Waals surface area contributed by atoms with Crippen LogP contribution in [0.5, 0.6) is 0 Å². The van der Waals surface area contributed by atoms with Gasteiger partial charge < -0.3 is 5.11 Å². The molecule has 2 aliphatic heterocycles. The molecule has 0 radical (unpaired) electrons. The Bertz CT molecular complexity index is 270. The van der Waals surface area contributed by atoms with Gasteiger partial charge in [0.05, 0.1) is 0 Å². The largest absolute Gasteiger partial charge is 0.396 e. The first-order chi connectivity index (χ1) is 9.14. The maximum Gasteiger partial charge on any atom is 0.0499 e. The van der Waals surface area contributed by atoms with Crippen molar-refractivity contribution in [1.29, 1.82) is 0 Å². The smallest absolute Gasteiger partial charge is 0.0499 e. The van der Waals surface area contributed by atoms with Gasteiger partial charge in [-0.05, 0) is 39.2 Å². The molecule has 3 nitrogen and oxygen atoms in total. The molecule has 2 fully saturated rings. The maximum atomic E-state index is 9.79. The van der Waals surface area contributed by atoms with E-state index in [-0.39, 0.29) is 5.41 Å². The van der Waals surface area contributed by atoms with Gasteiger partial charge >= 0.3 is 0 Å². The summed E-state index contributed by atoms with van der Waals surface area (Å²) in [6.07, 6.45) is 6.31. The summed E-state index contributed by atoms with van der Waals surface area (Å²) >= 11 is 0. The topological polar surface area (TPSA) is 26.7 Å². The Morgan fingerprint density at radius 2 is 1.89 bits per heavy atom. The number of fused-ring (bicyclic) bond motifs is 1. The second-order valence-electron chi connectivity index (χ2n) is 6.79. The van der Waals surface area contributed by atoms with Crippen LogP contribution in [0.25, 0.3) is 0 Å². The first kappa shape index (κ1) is 15.3. The van der Waals surface area contributed by atoms with Crippen LogP contribution in [0.1, 0.15) is 52.9 Å². The number of rotatable bonds is 5. The fourth-order valence-electron chi connectivity index (χ4n) is 3.81. The second-order valence-corrected chi connectivity index (χ2v) is 6.79. The third-order valence-corrected chi connectivity index (χ3v) is 5.69. The van der Waals surface area contributed by atoms with Crippen molar-refractivity contribution in [2.24, 2.45) is 5.41 Å². The minimum atomic E-state index is 0.116. The average Bonchev–Trinajstić information content (AvgIpc) is 2.45. The van der Waals surface area contributed by atoms with E-state index in [1.165, 1.54) is 38.9 Å². The van der Waals surface area contributed by atoms with Crippen LogP contribution in [0.3, 0.4) is 0 Å². The van der Waals surface area contributed by atoms with Crippen LogP contribution in [0.4, 0.5) is 0 Å². The maximum absolute atomic E-state index is 9.79. The number of nitrogens with zero attached hydrogens (tertiary/aromatic N) is 2. The van der Waals surface area contributed by atoms with Gasteiger partial charge in [-0.3, -0.25) is 9.80 Å². The van der Waals surface area contributed by atoms with Crippen molar-refractivity contribution in [3.05, 3.63) is 0 Å². The number of hydrogen-bond donors (Lipinski definition) is 1.